The normalized spacial score (nSPS) is 12.4. The Balaban J connectivity index is 2.01. The quantitative estimate of drug-likeness (QED) is 0.894. The van der Waals surface area contributed by atoms with Crippen molar-refractivity contribution in [2.75, 3.05) is 0 Å². The molecule has 0 aliphatic rings. The molecule has 0 unspecified atom stereocenters. The van der Waals surface area contributed by atoms with Gasteiger partial charge in [-0.1, -0.05) is 6.92 Å². The van der Waals surface area contributed by atoms with Crippen LogP contribution in [0.15, 0.2) is 30.3 Å². The Kier molecular flexibility index (Phi) is 4.56. The minimum Gasteiger partial charge on any atom is -0.488 e. The van der Waals surface area contributed by atoms with E-state index in [9.17, 15) is 9.50 Å². The Hall–Kier alpha value is -1.39. The van der Waals surface area contributed by atoms with Crippen molar-refractivity contribution in [1.29, 1.82) is 0 Å². The predicted octanol–water partition coefficient (Wildman–Crippen LogP) is 4.08. The molecule has 0 bridgehead atoms. The summed E-state index contributed by atoms with van der Waals surface area (Å²) < 4.78 is 19.2. The maximum absolute atomic E-state index is 13.6. The van der Waals surface area contributed by atoms with Gasteiger partial charge in [0.05, 0.1) is 6.10 Å². The molecule has 19 heavy (non-hydrogen) atoms. The van der Waals surface area contributed by atoms with Crippen LogP contribution in [-0.4, -0.2) is 5.11 Å². The molecule has 2 nitrogen and oxygen atoms in total. The van der Waals surface area contributed by atoms with Gasteiger partial charge in [-0.25, -0.2) is 4.39 Å². The number of hydrogen-bond donors (Lipinski definition) is 1. The molecule has 1 aromatic carbocycles. The molecule has 1 atom stereocenters. The second-order valence-corrected chi connectivity index (χ2v) is 5.62. The summed E-state index contributed by atoms with van der Waals surface area (Å²) >= 11 is 1.71. The lowest BCUT2D eigenvalue weighted by molar-refractivity contribution is 0.194. The van der Waals surface area contributed by atoms with Crippen LogP contribution in [0, 0.1) is 5.82 Å². The fourth-order valence-corrected chi connectivity index (χ4v) is 2.65. The Morgan fingerprint density at radius 3 is 2.58 bits per heavy atom. The van der Waals surface area contributed by atoms with Gasteiger partial charge < -0.3 is 9.84 Å². The number of aryl methyl sites for hydroxylation is 1. The van der Waals surface area contributed by atoms with E-state index in [1.807, 2.05) is 6.07 Å². The molecular formula is C15H17FO2S. The average molecular weight is 280 g/mol. The van der Waals surface area contributed by atoms with E-state index in [0.717, 1.165) is 11.3 Å². The fraction of sp³-hybridized carbons (Fsp3) is 0.333. The summed E-state index contributed by atoms with van der Waals surface area (Å²) in [6.07, 6.45) is 0.209. The van der Waals surface area contributed by atoms with Crippen LogP contribution in [0.25, 0.3) is 0 Å². The van der Waals surface area contributed by atoms with Crippen molar-refractivity contribution < 1.29 is 14.2 Å². The van der Waals surface area contributed by atoms with Crippen molar-refractivity contribution in [3.05, 3.63) is 51.5 Å². The predicted molar refractivity (Wildman–Crippen MR) is 75.1 cm³/mol. The van der Waals surface area contributed by atoms with Crippen molar-refractivity contribution in [3.63, 3.8) is 0 Å². The van der Waals surface area contributed by atoms with Crippen molar-refractivity contribution >= 4 is 11.3 Å². The lowest BCUT2D eigenvalue weighted by Crippen LogP contribution is -1.98. The van der Waals surface area contributed by atoms with Gasteiger partial charge in [0.1, 0.15) is 18.2 Å². The summed E-state index contributed by atoms with van der Waals surface area (Å²) in [5.41, 5.74) is 0.289. The summed E-state index contributed by atoms with van der Waals surface area (Å²) in [4.78, 5) is 2.44. The van der Waals surface area contributed by atoms with E-state index < -0.39 is 11.9 Å². The van der Waals surface area contributed by atoms with Crippen LogP contribution in [0.3, 0.4) is 0 Å². The Morgan fingerprint density at radius 1 is 1.26 bits per heavy atom. The first-order valence-corrected chi connectivity index (χ1v) is 7.09. The molecule has 0 radical (unpaired) electrons. The minimum atomic E-state index is -0.807. The molecule has 0 aliphatic carbocycles. The molecule has 0 spiro atoms. The first-order chi connectivity index (χ1) is 9.10. The Bertz CT molecular complexity index is 549. The number of hydrogen-bond acceptors (Lipinski definition) is 3. The topological polar surface area (TPSA) is 29.5 Å². The number of thiophene rings is 1. The smallest absolute Gasteiger partial charge is 0.132 e. The number of aliphatic hydroxyl groups excluding tert-OH is 1. The van der Waals surface area contributed by atoms with Crippen LogP contribution in [0.5, 0.6) is 5.75 Å². The molecule has 1 N–H and O–H groups in total. The van der Waals surface area contributed by atoms with E-state index >= 15 is 0 Å². The zero-order valence-corrected chi connectivity index (χ0v) is 11.8. The van der Waals surface area contributed by atoms with E-state index in [1.165, 1.54) is 17.9 Å². The highest BCUT2D eigenvalue weighted by Gasteiger charge is 2.09. The zero-order valence-electron chi connectivity index (χ0n) is 11.0. The molecule has 4 heteroatoms. The van der Waals surface area contributed by atoms with Gasteiger partial charge in [-0.3, -0.25) is 0 Å². The van der Waals surface area contributed by atoms with E-state index in [2.05, 4.69) is 13.0 Å². The third kappa shape index (κ3) is 3.55. The lowest BCUT2D eigenvalue weighted by Gasteiger charge is -2.09. The van der Waals surface area contributed by atoms with Gasteiger partial charge in [-0.15, -0.1) is 11.3 Å². The van der Waals surface area contributed by atoms with Crippen LogP contribution < -0.4 is 4.74 Å². The zero-order chi connectivity index (χ0) is 13.8. The summed E-state index contributed by atoms with van der Waals surface area (Å²) in [6, 6.07) is 8.67. The second kappa shape index (κ2) is 6.17. The summed E-state index contributed by atoms with van der Waals surface area (Å²) in [7, 11) is 0. The summed E-state index contributed by atoms with van der Waals surface area (Å²) in [5.74, 6) is 0.0428. The van der Waals surface area contributed by atoms with Crippen molar-refractivity contribution in [2.24, 2.45) is 0 Å². The van der Waals surface area contributed by atoms with Crippen LogP contribution in [0.1, 0.15) is 35.3 Å². The van der Waals surface area contributed by atoms with Crippen LogP contribution in [-0.2, 0) is 13.0 Å². The van der Waals surface area contributed by atoms with E-state index in [0.29, 0.717) is 12.4 Å². The maximum atomic E-state index is 13.6. The van der Waals surface area contributed by atoms with Gasteiger partial charge in [0.25, 0.3) is 0 Å². The van der Waals surface area contributed by atoms with Gasteiger partial charge in [-0.2, -0.15) is 0 Å². The molecule has 2 aromatic rings. The van der Waals surface area contributed by atoms with Gasteiger partial charge in [0.2, 0.25) is 0 Å². The van der Waals surface area contributed by atoms with E-state index in [4.69, 9.17) is 4.74 Å². The fourth-order valence-electron chi connectivity index (χ4n) is 1.78. The molecule has 0 amide bonds. The standard InChI is InChI=1S/C15H17FO2S/c1-3-12-5-6-13(19-12)9-18-11-4-7-14(10(2)17)15(16)8-11/h4-8,10,17H,3,9H2,1-2H3/t10-/m1/s1. The molecule has 2 rings (SSSR count). The Labute approximate surface area is 116 Å². The summed E-state index contributed by atoms with van der Waals surface area (Å²) in [6.45, 7) is 4.09. The van der Waals surface area contributed by atoms with E-state index in [-0.39, 0.29) is 5.56 Å². The number of halogens is 1. The van der Waals surface area contributed by atoms with Gasteiger partial charge in [0.15, 0.2) is 0 Å². The molecular weight excluding hydrogens is 263 g/mol. The SMILES string of the molecule is CCc1ccc(COc2ccc([C@@H](C)O)c(F)c2)s1. The second-order valence-electron chi connectivity index (χ2n) is 4.37. The highest BCUT2D eigenvalue weighted by molar-refractivity contribution is 7.11. The number of ether oxygens (including phenoxy) is 1. The third-order valence-electron chi connectivity index (χ3n) is 2.87. The number of benzene rings is 1. The van der Waals surface area contributed by atoms with Crippen molar-refractivity contribution in [3.8, 4) is 5.75 Å². The molecule has 0 fully saturated rings. The highest BCUT2D eigenvalue weighted by Crippen LogP contribution is 2.23. The Morgan fingerprint density at radius 2 is 2.00 bits per heavy atom. The average Bonchev–Trinajstić information content (AvgIpc) is 2.84. The van der Waals surface area contributed by atoms with Crippen molar-refractivity contribution in [2.45, 2.75) is 33.0 Å². The van der Waals surface area contributed by atoms with Crippen molar-refractivity contribution in [1.82, 2.24) is 0 Å². The first-order valence-electron chi connectivity index (χ1n) is 6.28. The minimum absolute atomic E-state index is 0.289. The molecule has 0 saturated heterocycles. The molecule has 0 saturated carbocycles. The van der Waals surface area contributed by atoms with Crippen LogP contribution in [0.4, 0.5) is 4.39 Å². The largest absolute Gasteiger partial charge is 0.488 e. The maximum Gasteiger partial charge on any atom is 0.132 e. The lowest BCUT2D eigenvalue weighted by atomic mass is 10.1. The summed E-state index contributed by atoms with van der Waals surface area (Å²) in [5, 5.41) is 9.35. The van der Waals surface area contributed by atoms with Crippen LogP contribution >= 0.6 is 11.3 Å². The molecule has 1 heterocycles. The molecule has 102 valence electrons. The monoisotopic (exact) mass is 280 g/mol. The third-order valence-corrected chi connectivity index (χ3v) is 4.07. The van der Waals surface area contributed by atoms with E-state index in [1.54, 1.807) is 23.5 Å². The first kappa shape index (κ1) is 14.0. The van der Waals surface area contributed by atoms with Crippen LogP contribution in [0.2, 0.25) is 0 Å². The number of aliphatic hydroxyl groups is 1. The number of rotatable bonds is 5. The highest BCUT2D eigenvalue weighted by atomic mass is 32.1. The van der Waals surface area contributed by atoms with Gasteiger partial charge >= 0.3 is 0 Å². The van der Waals surface area contributed by atoms with Gasteiger partial charge in [0, 0.05) is 21.4 Å². The molecule has 1 aromatic heterocycles. The molecule has 0 aliphatic heterocycles. The van der Waals surface area contributed by atoms with Gasteiger partial charge in [-0.05, 0) is 37.6 Å².